The second-order valence-corrected chi connectivity index (χ2v) is 6.09. The number of fused-ring (bicyclic) bond motifs is 1. The zero-order valence-electron chi connectivity index (χ0n) is 12.5. The predicted octanol–water partition coefficient (Wildman–Crippen LogP) is 3.30. The number of benzene rings is 2. The third-order valence-corrected chi connectivity index (χ3v) is 3.95. The molecule has 1 aliphatic rings. The zero-order chi connectivity index (χ0) is 16.1. The first-order valence-electron chi connectivity index (χ1n) is 7.35. The Bertz CT molecular complexity index is 689. The van der Waals surface area contributed by atoms with E-state index < -0.39 is 0 Å². The molecule has 0 saturated heterocycles. The van der Waals surface area contributed by atoms with Crippen LogP contribution >= 0.6 is 15.9 Å². The van der Waals surface area contributed by atoms with Gasteiger partial charge in [0.2, 0.25) is 12.7 Å². The second kappa shape index (κ2) is 7.48. The van der Waals surface area contributed by atoms with E-state index in [4.69, 9.17) is 9.47 Å². The molecule has 0 fully saturated rings. The third kappa shape index (κ3) is 4.46. The molecular weight excluding hydrogens is 360 g/mol. The highest BCUT2D eigenvalue weighted by Crippen LogP contribution is 2.32. The fourth-order valence-corrected chi connectivity index (χ4v) is 2.51. The Labute approximate surface area is 143 Å². The first-order valence-corrected chi connectivity index (χ1v) is 8.15. The van der Waals surface area contributed by atoms with E-state index in [-0.39, 0.29) is 12.7 Å². The summed E-state index contributed by atoms with van der Waals surface area (Å²) in [6, 6.07) is 13.4. The van der Waals surface area contributed by atoms with Crippen LogP contribution in [0.5, 0.6) is 11.5 Å². The normalized spacial score (nSPS) is 12.2. The van der Waals surface area contributed by atoms with Crippen LogP contribution in [0.15, 0.2) is 46.9 Å². The number of carbonyl (C=O) groups is 1. The standard InChI is InChI=1S/C17H17BrN2O3/c18-13-2-4-14(5-3-13)20-17(21)7-8-19-10-12-1-6-15-16(9-12)23-11-22-15/h1-6,9,19H,7-8,10-11H2,(H,20,21). The summed E-state index contributed by atoms with van der Waals surface area (Å²) < 4.78 is 11.6. The van der Waals surface area contributed by atoms with Crippen molar-refractivity contribution >= 4 is 27.5 Å². The van der Waals surface area contributed by atoms with E-state index in [0.717, 1.165) is 27.2 Å². The average molecular weight is 377 g/mol. The van der Waals surface area contributed by atoms with Crippen LogP contribution in [0.25, 0.3) is 0 Å². The van der Waals surface area contributed by atoms with Crippen molar-refractivity contribution in [3.63, 3.8) is 0 Å². The Morgan fingerprint density at radius 1 is 1.09 bits per heavy atom. The fourth-order valence-electron chi connectivity index (χ4n) is 2.24. The minimum Gasteiger partial charge on any atom is -0.454 e. The first-order chi connectivity index (χ1) is 11.2. The van der Waals surface area contributed by atoms with Gasteiger partial charge in [0.15, 0.2) is 11.5 Å². The van der Waals surface area contributed by atoms with Crippen molar-refractivity contribution in [3.05, 3.63) is 52.5 Å². The van der Waals surface area contributed by atoms with Gasteiger partial charge in [0, 0.05) is 29.7 Å². The maximum Gasteiger partial charge on any atom is 0.231 e. The molecule has 2 aromatic rings. The molecular formula is C17H17BrN2O3. The number of carbonyl (C=O) groups excluding carboxylic acids is 1. The maximum absolute atomic E-state index is 11.9. The van der Waals surface area contributed by atoms with Crippen LogP contribution in [0.4, 0.5) is 5.69 Å². The third-order valence-electron chi connectivity index (χ3n) is 3.42. The zero-order valence-corrected chi connectivity index (χ0v) is 14.1. The fraction of sp³-hybridized carbons (Fsp3) is 0.235. The number of rotatable bonds is 6. The highest BCUT2D eigenvalue weighted by atomic mass is 79.9. The summed E-state index contributed by atoms with van der Waals surface area (Å²) in [5.74, 6) is 1.55. The van der Waals surface area contributed by atoms with Crippen molar-refractivity contribution in [1.82, 2.24) is 5.32 Å². The molecule has 2 N–H and O–H groups in total. The highest BCUT2D eigenvalue weighted by Gasteiger charge is 2.12. The molecule has 0 saturated carbocycles. The molecule has 5 nitrogen and oxygen atoms in total. The van der Waals surface area contributed by atoms with Gasteiger partial charge in [-0.25, -0.2) is 0 Å². The van der Waals surface area contributed by atoms with Crippen LogP contribution < -0.4 is 20.1 Å². The van der Waals surface area contributed by atoms with Gasteiger partial charge in [-0.2, -0.15) is 0 Å². The second-order valence-electron chi connectivity index (χ2n) is 5.17. The van der Waals surface area contributed by atoms with Crippen LogP contribution in [-0.2, 0) is 11.3 Å². The summed E-state index contributed by atoms with van der Waals surface area (Å²) in [6.07, 6.45) is 0.417. The topological polar surface area (TPSA) is 59.6 Å². The van der Waals surface area contributed by atoms with Gasteiger partial charge in [-0.1, -0.05) is 22.0 Å². The van der Waals surface area contributed by atoms with E-state index in [9.17, 15) is 4.79 Å². The Morgan fingerprint density at radius 3 is 2.70 bits per heavy atom. The molecule has 0 radical (unpaired) electrons. The summed E-state index contributed by atoms with van der Waals surface area (Å²) in [5.41, 5.74) is 1.90. The predicted molar refractivity (Wildman–Crippen MR) is 91.7 cm³/mol. The molecule has 2 aromatic carbocycles. The number of halogens is 1. The van der Waals surface area contributed by atoms with Crippen LogP contribution in [0.2, 0.25) is 0 Å². The Morgan fingerprint density at radius 2 is 1.87 bits per heavy atom. The number of amides is 1. The molecule has 23 heavy (non-hydrogen) atoms. The SMILES string of the molecule is O=C(CCNCc1ccc2c(c1)OCO2)Nc1ccc(Br)cc1. The highest BCUT2D eigenvalue weighted by molar-refractivity contribution is 9.10. The molecule has 1 aliphatic heterocycles. The summed E-state index contributed by atoms with van der Waals surface area (Å²) in [4.78, 5) is 11.9. The van der Waals surface area contributed by atoms with Gasteiger partial charge in [0.25, 0.3) is 0 Å². The molecule has 0 bridgehead atoms. The lowest BCUT2D eigenvalue weighted by atomic mass is 10.2. The quantitative estimate of drug-likeness (QED) is 0.759. The minimum atomic E-state index is -0.00879. The van der Waals surface area contributed by atoms with Gasteiger partial charge < -0.3 is 20.1 Å². The molecule has 6 heteroatoms. The van der Waals surface area contributed by atoms with E-state index in [1.54, 1.807) is 0 Å². The van der Waals surface area contributed by atoms with E-state index >= 15 is 0 Å². The van der Waals surface area contributed by atoms with E-state index in [0.29, 0.717) is 19.5 Å². The lowest BCUT2D eigenvalue weighted by Gasteiger charge is -2.07. The summed E-state index contributed by atoms with van der Waals surface area (Å²) in [5, 5.41) is 6.12. The summed E-state index contributed by atoms with van der Waals surface area (Å²) >= 11 is 3.36. The number of nitrogens with one attached hydrogen (secondary N) is 2. The molecule has 0 unspecified atom stereocenters. The van der Waals surface area contributed by atoms with Crippen molar-refractivity contribution in [2.45, 2.75) is 13.0 Å². The minimum absolute atomic E-state index is 0.00879. The van der Waals surface area contributed by atoms with Crippen LogP contribution in [0.1, 0.15) is 12.0 Å². The number of hydrogen-bond acceptors (Lipinski definition) is 4. The Hall–Kier alpha value is -2.05. The van der Waals surface area contributed by atoms with E-state index in [2.05, 4.69) is 26.6 Å². The molecule has 1 amide bonds. The maximum atomic E-state index is 11.9. The molecule has 0 spiro atoms. The molecule has 0 aromatic heterocycles. The molecule has 0 atom stereocenters. The Kier molecular flexibility index (Phi) is 5.15. The number of hydrogen-bond donors (Lipinski definition) is 2. The van der Waals surface area contributed by atoms with Gasteiger partial charge in [0.05, 0.1) is 0 Å². The lowest BCUT2D eigenvalue weighted by molar-refractivity contribution is -0.116. The van der Waals surface area contributed by atoms with Gasteiger partial charge in [-0.05, 0) is 42.0 Å². The van der Waals surface area contributed by atoms with Crippen LogP contribution in [0, 0.1) is 0 Å². The van der Waals surface area contributed by atoms with Gasteiger partial charge in [-0.15, -0.1) is 0 Å². The lowest BCUT2D eigenvalue weighted by Crippen LogP contribution is -2.21. The largest absolute Gasteiger partial charge is 0.454 e. The van der Waals surface area contributed by atoms with Crippen LogP contribution in [0.3, 0.4) is 0 Å². The van der Waals surface area contributed by atoms with Gasteiger partial charge in [0.1, 0.15) is 0 Å². The monoisotopic (exact) mass is 376 g/mol. The summed E-state index contributed by atoms with van der Waals surface area (Å²) in [7, 11) is 0. The van der Waals surface area contributed by atoms with Gasteiger partial charge >= 0.3 is 0 Å². The Balaban J connectivity index is 1.39. The van der Waals surface area contributed by atoms with E-state index in [1.807, 2.05) is 42.5 Å². The average Bonchev–Trinajstić information content (AvgIpc) is 3.01. The van der Waals surface area contributed by atoms with Crippen LogP contribution in [-0.4, -0.2) is 19.2 Å². The molecule has 3 rings (SSSR count). The molecule has 120 valence electrons. The summed E-state index contributed by atoms with van der Waals surface area (Å²) in [6.45, 7) is 1.57. The first kappa shape index (κ1) is 15.8. The number of anilines is 1. The van der Waals surface area contributed by atoms with Crippen molar-refractivity contribution in [2.75, 3.05) is 18.7 Å². The van der Waals surface area contributed by atoms with Gasteiger partial charge in [-0.3, -0.25) is 4.79 Å². The van der Waals surface area contributed by atoms with Crippen molar-refractivity contribution < 1.29 is 14.3 Å². The van der Waals surface area contributed by atoms with E-state index in [1.165, 1.54) is 0 Å². The smallest absolute Gasteiger partial charge is 0.231 e. The van der Waals surface area contributed by atoms with Crippen molar-refractivity contribution in [1.29, 1.82) is 0 Å². The van der Waals surface area contributed by atoms with Crippen molar-refractivity contribution in [2.24, 2.45) is 0 Å². The molecule has 1 heterocycles. The number of ether oxygens (including phenoxy) is 2. The molecule has 0 aliphatic carbocycles. The van der Waals surface area contributed by atoms with Crippen molar-refractivity contribution in [3.8, 4) is 11.5 Å².